The van der Waals surface area contributed by atoms with Gasteiger partial charge in [-0.25, -0.2) is 0 Å². The highest BCUT2D eigenvalue weighted by Crippen LogP contribution is 2.37. The average molecular weight is 440 g/mol. The number of piperidine rings is 1. The van der Waals surface area contributed by atoms with Crippen LogP contribution in [0.15, 0.2) is 33.6 Å². The molecule has 3 aromatic rings. The van der Waals surface area contributed by atoms with Gasteiger partial charge in [0.05, 0.1) is 16.7 Å². The number of methoxy groups -OCH3 is 1. The van der Waals surface area contributed by atoms with E-state index in [4.69, 9.17) is 18.8 Å². The molecule has 0 spiro atoms. The highest BCUT2D eigenvalue weighted by molar-refractivity contribution is 5.76. The SMILES string of the molecule is COCCC1(c2noc(-c3cccnc3)n2)CCCN(C(=O)CCc2c(C)noc2C)C1. The number of rotatable bonds is 8. The number of hydrogen-bond acceptors (Lipinski definition) is 8. The van der Waals surface area contributed by atoms with Crippen LogP contribution in [0.5, 0.6) is 0 Å². The molecule has 3 aromatic heterocycles. The normalized spacial score (nSPS) is 18.8. The van der Waals surface area contributed by atoms with E-state index in [1.807, 2.05) is 30.9 Å². The van der Waals surface area contributed by atoms with Crippen LogP contribution in [0.25, 0.3) is 11.5 Å². The monoisotopic (exact) mass is 439 g/mol. The number of carbonyl (C=O) groups excluding carboxylic acids is 1. The van der Waals surface area contributed by atoms with Gasteiger partial charge in [0.2, 0.25) is 5.91 Å². The predicted molar refractivity (Wildman–Crippen MR) is 116 cm³/mol. The van der Waals surface area contributed by atoms with Gasteiger partial charge >= 0.3 is 0 Å². The molecule has 0 radical (unpaired) electrons. The molecular formula is C23H29N5O4. The van der Waals surface area contributed by atoms with Crippen molar-refractivity contribution in [2.24, 2.45) is 0 Å². The molecule has 32 heavy (non-hydrogen) atoms. The van der Waals surface area contributed by atoms with Crippen molar-refractivity contribution in [3.8, 4) is 11.5 Å². The Bertz CT molecular complexity index is 1030. The van der Waals surface area contributed by atoms with Crippen molar-refractivity contribution in [3.63, 3.8) is 0 Å². The molecule has 0 bridgehead atoms. The Labute approximate surface area is 187 Å². The van der Waals surface area contributed by atoms with E-state index in [2.05, 4.69) is 15.3 Å². The van der Waals surface area contributed by atoms with Gasteiger partial charge < -0.3 is 18.7 Å². The number of pyridine rings is 1. The fraction of sp³-hybridized carbons (Fsp3) is 0.522. The summed E-state index contributed by atoms with van der Waals surface area (Å²) in [6.07, 6.45) is 6.89. The van der Waals surface area contributed by atoms with Crippen molar-refractivity contribution in [2.75, 3.05) is 26.8 Å². The summed E-state index contributed by atoms with van der Waals surface area (Å²) in [7, 11) is 1.68. The van der Waals surface area contributed by atoms with Gasteiger partial charge in [0, 0.05) is 51.2 Å². The lowest BCUT2D eigenvalue weighted by Crippen LogP contribution is -2.49. The molecule has 0 aliphatic carbocycles. The number of hydrogen-bond donors (Lipinski definition) is 0. The van der Waals surface area contributed by atoms with Crippen molar-refractivity contribution in [3.05, 3.63) is 47.4 Å². The lowest BCUT2D eigenvalue weighted by Gasteiger charge is -2.41. The summed E-state index contributed by atoms with van der Waals surface area (Å²) in [5.74, 6) is 1.95. The van der Waals surface area contributed by atoms with Crippen molar-refractivity contribution in [1.29, 1.82) is 0 Å². The summed E-state index contributed by atoms with van der Waals surface area (Å²) in [5.41, 5.74) is 2.23. The van der Waals surface area contributed by atoms with Crippen LogP contribution in [0.2, 0.25) is 0 Å². The van der Waals surface area contributed by atoms with Gasteiger partial charge in [0.15, 0.2) is 5.82 Å². The quantitative estimate of drug-likeness (QED) is 0.526. The first-order chi connectivity index (χ1) is 15.5. The van der Waals surface area contributed by atoms with Gasteiger partial charge in [0.25, 0.3) is 5.89 Å². The van der Waals surface area contributed by atoms with Gasteiger partial charge in [-0.3, -0.25) is 9.78 Å². The first-order valence-corrected chi connectivity index (χ1v) is 11.0. The van der Waals surface area contributed by atoms with Gasteiger partial charge in [-0.2, -0.15) is 4.98 Å². The van der Waals surface area contributed by atoms with Gasteiger partial charge in [0.1, 0.15) is 5.76 Å². The first kappa shape index (κ1) is 22.1. The second-order valence-electron chi connectivity index (χ2n) is 8.41. The van der Waals surface area contributed by atoms with Crippen molar-refractivity contribution in [2.45, 2.75) is 51.4 Å². The van der Waals surface area contributed by atoms with E-state index in [0.717, 1.165) is 42.0 Å². The second kappa shape index (κ2) is 9.60. The highest BCUT2D eigenvalue weighted by Gasteiger charge is 2.42. The van der Waals surface area contributed by atoms with Crippen LogP contribution in [0.1, 0.15) is 48.5 Å². The molecule has 0 N–H and O–H groups in total. The van der Waals surface area contributed by atoms with Gasteiger partial charge in [-0.05, 0) is 51.7 Å². The maximum Gasteiger partial charge on any atom is 0.259 e. The number of aryl methyl sites for hydroxylation is 2. The minimum Gasteiger partial charge on any atom is -0.385 e. The largest absolute Gasteiger partial charge is 0.385 e. The smallest absolute Gasteiger partial charge is 0.259 e. The topological polar surface area (TPSA) is 107 Å². The van der Waals surface area contributed by atoms with Crippen LogP contribution in [0.3, 0.4) is 0 Å². The molecule has 0 aromatic carbocycles. The summed E-state index contributed by atoms with van der Waals surface area (Å²) >= 11 is 0. The number of carbonyl (C=O) groups is 1. The highest BCUT2D eigenvalue weighted by atomic mass is 16.5. The molecule has 1 amide bonds. The number of nitrogens with zero attached hydrogens (tertiary/aromatic N) is 5. The fourth-order valence-corrected chi connectivity index (χ4v) is 4.43. The molecule has 1 aliphatic rings. The standard InChI is InChI=1S/C23H29N5O4/c1-16-19(17(2)31-26-16)7-8-20(29)28-12-5-9-23(15-28,10-13-30-3)22-25-21(32-27-22)18-6-4-11-24-14-18/h4,6,11,14H,5,7-10,12-13,15H2,1-3H3. The number of aromatic nitrogens is 4. The number of ether oxygens (including phenoxy) is 1. The van der Waals surface area contributed by atoms with E-state index < -0.39 is 5.41 Å². The molecule has 1 fully saturated rings. The number of likely N-dealkylation sites (tertiary alicyclic amines) is 1. The molecule has 0 saturated carbocycles. The molecule has 1 unspecified atom stereocenters. The second-order valence-corrected chi connectivity index (χ2v) is 8.41. The van der Waals surface area contributed by atoms with Crippen LogP contribution in [0, 0.1) is 13.8 Å². The van der Waals surface area contributed by atoms with Crippen LogP contribution in [-0.2, 0) is 21.4 Å². The minimum atomic E-state index is -0.406. The van der Waals surface area contributed by atoms with E-state index in [-0.39, 0.29) is 5.91 Å². The van der Waals surface area contributed by atoms with Crippen LogP contribution < -0.4 is 0 Å². The lowest BCUT2D eigenvalue weighted by molar-refractivity contribution is -0.133. The third kappa shape index (κ3) is 4.57. The molecule has 9 heteroatoms. The molecule has 9 nitrogen and oxygen atoms in total. The van der Waals surface area contributed by atoms with Crippen molar-refractivity contribution in [1.82, 2.24) is 25.2 Å². The van der Waals surface area contributed by atoms with E-state index >= 15 is 0 Å². The fourth-order valence-electron chi connectivity index (χ4n) is 4.43. The first-order valence-electron chi connectivity index (χ1n) is 11.0. The molecular weight excluding hydrogens is 410 g/mol. The Hall–Kier alpha value is -3.07. The zero-order chi connectivity index (χ0) is 22.6. The Morgan fingerprint density at radius 3 is 2.88 bits per heavy atom. The third-order valence-electron chi connectivity index (χ3n) is 6.29. The summed E-state index contributed by atoms with van der Waals surface area (Å²) < 4.78 is 16.2. The summed E-state index contributed by atoms with van der Waals surface area (Å²) in [5, 5.41) is 8.30. The van der Waals surface area contributed by atoms with E-state index in [0.29, 0.717) is 44.1 Å². The Balaban J connectivity index is 1.52. The van der Waals surface area contributed by atoms with Crippen LogP contribution >= 0.6 is 0 Å². The molecule has 1 atom stereocenters. The van der Waals surface area contributed by atoms with Gasteiger partial charge in [-0.15, -0.1) is 0 Å². The average Bonchev–Trinajstić information content (AvgIpc) is 3.44. The predicted octanol–water partition coefficient (Wildman–Crippen LogP) is 3.27. The minimum absolute atomic E-state index is 0.113. The van der Waals surface area contributed by atoms with Gasteiger partial charge in [-0.1, -0.05) is 10.3 Å². The lowest BCUT2D eigenvalue weighted by atomic mass is 9.76. The van der Waals surface area contributed by atoms with E-state index in [1.54, 1.807) is 19.5 Å². The maximum absolute atomic E-state index is 13.1. The molecule has 1 aliphatic heterocycles. The molecule has 1 saturated heterocycles. The number of amides is 1. The van der Waals surface area contributed by atoms with E-state index in [1.165, 1.54) is 0 Å². The molecule has 170 valence electrons. The molecule has 4 heterocycles. The molecule has 4 rings (SSSR count). The Kier molecular flexibility index (Phi) is 6.64. The summed E-state index contributed by atoms with van der Waals surface area (Å²) in [6.45, 7) is 5.61. The summed E-state index contributed by atoms with van der Waals surface area (Å²) in [4.78, 5) is 23.9. The summed E-state index contributed by atoms with van der Waals surface area (Å²) in [6, 6.07) is 3.72. The van der Waals surface area contributed by atoms with Crippen LogP contribution in [0.4, 0.5) is 0 Å². The zero-order valence-electron chi connectivity index (χ0n) is 18.8. The maximum atomic E-state index is 13.1. The van der Waals surface area contributed by atoms with E-state index in [9.17, 15) is 4.79 Å². The Morgan fingerprint density at radius 2 is 2.16 bits per heavy atom. The zero-order valence-corrected chi connectivity index (χ0v) is 18.8. The third-order valence-corrected chi connectivity index (χ3v) is 6.29. The van der Waals surface area contributed by atoms with Crippen molar-refractivity contribution < 1.29 is 18.6 Å². The van der Waals surface area contributed by atoms with Crippen molar-refractivity contribution >= 4 is 5.91 Å². The van der Waals surface area contributed by atoms with Crippen LogP contribution in [-0.4, -0.2) is 57.9 Å². The Morgan fingerprint density at radius 1 is 1.28 bits per heavy atom.